The average molecular weight is 322 g/mol. The van der Waals surface area contributed by atoms with Crippen molar-refractivity contribution in [3.8, 4) is 0 Å². The maximum atomic E-state index is 11.7. The number of amides is 2. The molecule has 2 heterocycles. The molecule has 0 spiro atoms. The van der Waals surface area contributed by atoms with E-state index in [0.29, 0.717) is 6.54 Å². The molecule has 2 amide bonds. The molecular formula is C16H26N4OS. The Bertz CT molecular complexity index is 449. The minimum atomic E-state index is -0.0496. The number of hydrogen-bond acceptors (Lipinski definition) is 4. The minimum absolute atomic E-state index is 0.0496. The van der Waals surface area contributed by atoms with Crippen molar-refractivity contribution >= 4 is 23.6 Å². The number of aromatic nitrogens is 1. The molecule has 22 heavy (non-hydrogen) atoms. The van der Waals surface area contributed by atoms with E-state index in [4.69, 9.17) is 0 Å². The van der Waals surface area contributed by atoms with Gasteiger partial charge in [0, 0.05) is 30.6 Å². The van der Waals surface area contributed by atoms with Crippen molar-refractivity contribution in [2.24, 2.45) is 0 Å². The van der Waals surface area contributed by atoms with Crippen molar-refractivity contribution < 1.29 is 4.79 Å². The van der Waals surface area contributed by atoms with E-state index in [1.165, 1.54) is 18.6 Å². The molecule has 5 nitrogen and oxygen atoms in total. The van der Waals surface area contributed by atoms with Crippen LogP contribution in [-0.4, -0.2) is 41.1 Å². The van der Waals surface area contributed by atoms with Crippen LogP contribution in [0.4, 0.5) is 10.6 Å². The molecule has 0 saturated carbocycles. The maximum absolute atomic E-state index is 11.7. The minimum Gasteiger partial charge on any atom is -0.370 e. The Kier molecular flexibility index (Phi) is 6.83. The Morgan fingerprint density at radius 2 is 2.18 bits per heavy atom. The molecule has 2 rings (SSSR count). The molecule has 3 N–H and O–H groups in total. The Balaban J connectivity index is 1.47. The van der Waals surface area contributed by atoms with Gasteiger partial charge in [0.05, 0.1) is 0 Å². The van der Waals surface area contributed by atoms with Gasteiger partial charge in [0.15, 0.2) is 0 Å². The van der Waals surface area contributed by atoms with Gasteiger partial charge < -0.3 is 16.0 Å². The van der Waals surface area contributed by atoms with E-state index in [2.05, 4.69) is 27.9 Å². The van der Waals surface area contributed by atoms with Crippen LogP contribution in [0.25, 0.3) is 0 Å². The quantitative estimate of drug-likeness (QED) is 0.644. The Labute approximate surface area is 137 Å². The van der Waals surface area contributed by atoms with Crippen molar-refractivity contribution in [1.82, 2.24) is 15.6 Å². The van der Waals surface area contributed by atoms with Gasteiger partial charge in [0.1, 0.15) is 5.82 Å². The first-order valence-corrected chi connectivity index (χ1v) is 8.97. The Hall–Kier alpha value is -1.43. The smallest absolute Gasteiger partial charge is 0.314 e. The largest absolute Gasteiger partial charge is 0.370 e. The highest BCUT2D eigenvalue weighted by Gasteiger charge is 2.29. The molecule has 6 heteroatoms. The topological polar surface area (TPSA) is 66.1 Å². The number of nitrogens with one attached hydrogen (secondary N) is 3. The van der Waals surface area contributed by atoms with E-state index in [9.17, 15) is 4.79 Å². The lowest BCUT2D eigenvalue weighted by Crippen LogP contribution is -2.42. The monoisotopic (exact) mass is 322 g/mol. The number of rotatable bonds is 8. The van der Waals surface area contributed by atoms with Gasteiger partial charge in [0.2, 0.25) is 0 Å². The number of carbonyl (C=O) groups is 1. The molecule has 1 aromatic heterocycles. The molecule has 1 atom stereocenters. The second-order valence-electron chi connectivity index (χ2n) is 5.86. The van der Waals surface area contributed by atoms with Crippen LogP contribution in [0.5, 0.6) is 0 Å². The second kappa shape index (κ2) is 8.88. The fourth-order valence-electron chi connectivity index (χ4n) is 2.44. The molecular weight excluding hydrogens is 296 g/mol. The first kappa shape index (κ1) is 16.9. The lowest BCUT2D eigenvalue weighted by Gasteiger charge is -2.22. The van der Waals surface area contributed by atoms with Crippen molar-refractivity contribution in [3.63, 3.8) is 0 Å². The van der Waals surface area contributed by atoms with E-state index < -0.39 is 0 Å². The second-order valence-corrected chi connectivity index (χ2v) is 7.54. The molecule has 0 unspecified atom stereocenters. The predicted molar refractivity (Wildman–Crippen MR) is 93.5 cm³/mol. The number of hydrogen-bond donors (Lipinski definition) is 3. The molecule has 1 fully saturated rings. The number of unbranched alkanes of at least 4 members (excludes halogenated alkanes) is 1. The van der Waals surface area contributed by atoms with Gasteiger partial charge in [-0.15, -0.1) is 0 Å². The van der Waals surface area contributed by atoms with Gasteiger partial charge >= 0.3 is 6.03 Å². The number of carbonyl (C=O) groups excluding carboxylic acids is 1. The van der Waals surface area contributed by atoms with Crippen LogP contribution in [0.3, 0.4) is 0 Å². The summed E-state index contributed by atoms with van der Waals surface area (Å²) in [5.41, 5.74) is 0. The molecule has 0 aromatic carbocycles. The summed E-state index contributed by atoms with van der Waals surface area (Å²) in [4.78, 5) is 15.9. The summed E-state index contributed by atoms with van der Waals surface area (Å²) in [6.45, 7) is 4.56. The third-order valence-corrected chi connectivity index (χ3v) is 5.32. The van der Waals surface area contributed by atoms with E-state index in [-0.39, 0.29) is 10.8 Å². The number of nitrogens with zero attached hydrogens (tertiary/aromatic N) is 1. The van der Waals surface area contributed by atoms with Gasteiger partial charge in [-0.1, -0.05) is 6.07 Å². The van der Waals surface area contributed by atoms with Gasteiger partial charge in [0.25, 0.3) is 0 Å². The van der Waals surface area contributed by atoms with Crippen LogP contribution in [0, 0.1) is 0 Å². The van der Waals surface area contributed by atoms with Crippen LogP contribution >= 0.6 is 11.8 Å². The van der Waals surface area contributed by atoms with Gasteiger partial charge in [-0.25, -0.2) is 9.78 Å². The maximum Gasteiger partial charge on any atom is 0.314 e. The van der Waals surface area contributed by atoms with Crippen LogP contribution in [0.1, 0.15) is 32.6 Å². The summed E-state index contributed by atoms with van der Waals surface area (Å²) in [7, 11) is 0. The molecule has 1 aliphatic heterocycles. The van der Waals surface area contributed by atoms with Crippen molar-refractivity contribution in [2.75, 3.05) is 30.7 Å². The fraction of sp³-hybridized carbons (Fsp3) is 0.625. The summed E-state index contributed by atoms with van der Waals surface area (Å²) in [6.07, 6.45) is 6.19. The molecule has 122 valence electrons. The summed E-state index contributed by atoms with van der Waals surface area (Å²) in [5.74, 6) is 2.11. The van der Waals surface area contributed by atoms with E-state index >= 15 is 0 Å². The Morgan fingerprint density at radius 1 is 1.32 bits per heavy atom. The number of anilines is 1. The lowest BCUT2D eigenvalue weighted by atomic mass is 10.1. The zero-order valence-electron chi connectivity index (χ0n) is 13.2. The molecule has 1 saturated heterocycles. The molecule has 0 aliphatic carbocycles. The van der Waals surface area contributed by atoms with E-state index in [1.807, 2.05) is 30.0 Å². The normalized spacial score (nSPS) is 20.6. The zero-order chi connectivity index (χ0) is 15.7. The first-order valence-electron chi connectivity index (χ1n) is 7.99. The van der Waals surface area contributed by atoms with Gasteiger partial charge in [-0.3, -0.25) is 0 Å². The van der Waals surface area contributed by atoms with Crippen molar-refractivity contribution in [3.05, 3.63) is 24.4 Å². The molecule has 1 aromatic rings. The first-order chi connectivity index (χ1) is 10.7. The highest BCUT2D eigenvalue weighted by atomic mass is 32.2. The van der Waals surface area contributed by atoms with Gasteiger partial charge in [-0.2, -0.15) is 11.8 Å². The highest BCUT2D eigenvalue weighted by molar-refractivity contribution is 8.00. The predicted octanol–water partition coefficient (Wildman–Crippen LogP) is 2.86. The van der Waals surface area contributed by atoms with Crippen LogP contribution in [-0.2, 0) is 0 Å². The van der Waals surface area contributed by atoms with E-state index in [1.54, 1.807) is 6.20 Å². The van der Waals surface area contributed by atoms with Crippen LogP contribution < -0.4 is 16.0 Å². The van der Waals surface area contributed by atoms with Crippen LogP contribution in [0.2, 0.25) is 0 Å². The van der Waals surface area contributed by atoms with E-state index in [0.717, 1.165) is 31.7 Å². The van der Waals surface area contributed by atoms with Crippen molar-refractivity contribution in [2.45, 2.75) is 37.4 Å². The average Bonchev–Trinajstić information content (AvgIpc) is 2.97. The summed E-state index contributed by atoms with van der Waals surface area (Å²) >= 11 is 1.96. The zero-order valence-corrected chi connectivity index (χ0v) is 14.0. The number of pyridine rings is 1. The van der Waals surface area contributed by atoms with Gasteiger partial charge in [-0.05, 0) is 50.5 Å². The SMILES string of the molecule is C[C@@]1(CNC(=O)NCCCCNc2ccccn2)CCCS1. The molecule has 1 aliphatic rings. The highest BCUT2D eigenvalue weighted by Crippen LogP contribution is 2.36. The summed E-state index contributed by atoms with van der Waals surface area (Å²) < 4.78 is 0.226. The fourth-order valence-corrected chi connectivity index (χ4v) is 3.69. The summed E-state index contributed by atoms with van der Waals surface area (Å²) in [6, 6.07) is 5.77. The molecule has 0 bridgehead atoms. The molecule has 0 radical (unpaired) electrons. The Morgan fingerprint density at radius 3 is 2.91 bits per heavy atom. The van der Waals surface area contributed by atoms with Crippen LogP contribution in [0.15, 0.2) is 24.4 Å². The summed E-state index contributed by atoms with van der Waals surface area (Å²) in [5, 5.41) is 9.16. The standard InChI is InChI=1S/C16H26N4OS/c1-16(8-6-12-22-16)13-20-15(21)19-11-5-4-10-18-14-7-2-3-9-17-14/h2-3,7,9H,4-6,8,10-13H2,1H3,(H,17,18)(H2,19,20,21)/t16-/m0/s1. The lowest BCUT2D eigenvalue weighted by molar-refractivity contribution is 0.239. The van der Waals surface area contributed by atoms with Crippen molar-refractivity contribution in [1.29, 1.82) is 0 Å². The number of urea groups is 1. The third kappa shape index (κ3) is 6.13. The third-order valence-electron chi connectivity index (χ3n) is 3.78. The number of thioether (sulfide) groups is 1.